The number of rotatable bonds is 5. The maximum Gasteiger partial charge on any atom is 0.259 e. The van der Waals surface area contributed by atoms with Gasteiger partial charge >= 0.3 is 0 Å². The molecule has 2 N–H and O–H groups in total. The number of thioether (sulfide) groups is 1. The number of carbonyl (C=O) groups is 1. The maximum atomic E-state index is 15.4. The topological polar surface area (TPSA) is 99.0 Å². The summed E-state index contributed by atoms with van der Waals surface area (Å²) in [5.41, 5.74) is 3.47. The van der Waals surface area contributed by atoms with Gasteiger partial charge in [0.2, 0.25) is 0 Å². The van der Waals surface area contributed by atoms with Gasteiger partial charge in [-0.1, -0.05) is 18.2 Å². The Morgan fingerprint density at radius 1 is 0.976 bits per heavy atom. The lowest BCUT2D eigenvalue weighted by Crippen LogP contribution is -2.50. The molecular formula is C31H30F2N4O4S. The number of hydrogen-bond acceptors (Lipinski definition) is 8. The van der Waals surface area contributed by atoms with Gasteiger partial charge in [-0.15, -0.1) is 0 Å². The molecule has 3 heterocycles. The van der Waals surface area contributed by atoms with Crippen LogP contribution >= 0.6 is 11.8 Å². The molecular weight excluding hydrogens is 562 g/mol. The van der Waals surface area contributed by atoms with Gasteiger partial charge in [0.1, 0.15) is 11.6 Å². The Morgan fingerprint density at radius 3 is 2.38 bits per heavy atom. The van der Waals surface area contributed by atoms with E-state index in [1.165, 1.54) is 4.90 Å². The molecule has 0 bridgehead atoms. The number of para-hydroxylation sites is 1. The van der Waals surface area contributed by atoms with Crippen LogP contribution in [0.25, 0.3) is 33.4 Å². The van der Waals surface area contributed by atoms with E-state index in [4.69, 9.17) is 9.72 Å². The highest BCUT2D eigenvalue weighted by atomic mass is 32.2. The second-order valence-electron chi connectivity index (χ2n) is 10.4. The number of carbonyl (C=O) groups excluding carboxylic acids is 1. The number of benzene rings is 3. The Morgan fingerprint density at radius 2 is 1.69 bits per heavy atom. The van der Waals surface area contributed by atoms with Crippen molar-refractivity contribution >= 4 is 28.7 Å². The van der Waals surface area contributed by atoms with Crippen LogP contribution in [0.5, 0.6) is 0 Å². The number of fused-ring (bicyclic) bond motifs is 1. The lowest BCUT2D eigenvalue weighted by Gasteiger charge is -2.37. The highest BCUT2D eigenvalue weighted by Crippen LogP contribution is 2.35. The van der Waals surface area contributed by atoms with E-state index in [1.807, 2.05) is 19.1 Å². The molecule has 0 atom stereocenters. The zero-order chi connectivity index (χ0) is 29.4. The first-order valence-corrected chi connectivity index (χ1v) is 14.9. The van der Waals surface area contributed by atoms with Gasteiger partial charge in [0.25, 0.3) is 11.8 Å². The van der Waals surface area contributed by atoms with Crippen molar-refractivity contribution in [2.75, 3.05) is 50.9 Å². The fourth-order valence-electron chi connectivity index (χ4n) is 5.49. The van der Waals surface area contributed by atoms with Crippen molar-refractivity contribution in [3.63, 3.8) is 0 Å². The van der Waals surface area contributed by atoms with Crippen molar-refractivity contribution in [2.45, 2.75) is 12.8 Å². The predicted molar refractivity (Wildman–Crippen MR) is 157 cm³/mol. The molecule has 42 heavy (non-hydrogen) atoms. The maximum absolute atomic E-state index is 15.4. The number of aryl methyl sites for hydroxylation is 1. The summed E-state index contributed by atoms with van der Waals surface area (Å²) in [5.74, 6) is -3.68. The molecule has 2 aliphatic rings. The lowest BCUT2D eigenvalue weighted by atomic mass is 9.99. The zero-order valence-electron chi connectivity index (χ0n) is 23.0. The minimum absolute atomic E-state index is 0.0457. The fraction of sp³-hybridized carbons (Fsp3) is 0.323. The van der Waals surface area contributed by atoms with Crippen LogP contribution in [0.15, 0.2) is 54.7 Å². The van der Waals surface area contributed by atoms with Gasteiger partial charge in [-0.3, -0.25) is 9.78 Å². The number of amides is 1. The van der Waals surface area contributed by atoms with Gasteiger partial charge in [0.05, 0.1) is 41.7 Å². The highest BCUT2D eigenvalue weighted by molar-refractivity contribution is 7.99. The molecule has 0 saturated carbocycles. The smallest absolute Gasteiger partial charge is 0.259 e. The first kappa shape index (κ1) is 28.6. The van der Waals surface area contributed by atoms with Crippen molar-refractivity contribution in [3.05, 3.63) is 83.1 Å². The molecule has 2 aliphatic heterocycles. The van der Waals surface area contributed by atoms with Gasteiger partial charge < -0.3 is 19.8 Å². The van der Waals surface area contributed by atoms with Crippen LogP contribution < -0.4 is 0 Å². The summed E-state index contributed by atoms with van der Waals surface area (Å²) in [7, 11) is 0. The van der Waals surface area contributed by atoms with Gasteiger partial charge in [-0.2, -0.15) is 11.8 Å². The first-order valence-electron chi connectivity index (χ1n) is 13.8. The average molecular weight is 593 g/mol. The Bertz CT molecular complexity index is 1630. The summed E-state index contributed by atoms with van der Waals surface area (Å²) in [6, 6.07) is 12.8. The summed E-state index contributed by atoms with van der Waals surface area (Å²) in [4.78, 5) is 25.4. The van der Waals surface area contributed by atoms with E-state index >= 15 is 8.78 Å². The molecule has 0 unspecified atom stereocenters. The van der Waals surface area contributed by atoms with Crippen molar-refractivity contribution in [1.82, 2.24) is 19.8 Å². The van der Waals surface area contributed by atoms with Crippen LogP contribution in [-0.2, 0) is 10.6 Å². The Kier molecular flexibility index (Phi) is 7.95. The molecule has 3 aromatic carbocycles. The minimum atomic E-state index is -2.77. The zero-order valence-corrected chi connectivity index (χ0v) is 23.8. The molecule has 11 heteroatoms. The van der Waals surface area contributed by atoms with Crippen molar-refractivity contribution in [3.8, 4) is 22.4 Å². The number of aromatic nitrogens is 2. The molecule has 0 aliphatic carbocycles. The van der Waals surface area contributed by atoms with E-state index in [-0.39, 0.29) is 11.5 Å². The number of nitrogens with zero attached hydrogens (tertiary/aromatic N) is 4. The number of aliphatic hydroxyl groups is 2. The second-order valence-corrected chi connectivity index (χ2v) is 11.6. The second kappa shape index (κ2) is 11.7. The van der Waals surface area contributed by atoms with Crippen LogP contribution in [0.2, 0.25) is 0 Å². The van der Waals surface area contributed by atoms with E-state index in [0.717, 1.165) is 23.3 Å². The highest BCUT2D eigenvalue weighted by Gasteiger charge is 2.40. The normalized spacial score (nSPS) is 16.6. The molecule has 0 radical (unpaired) electrons. The van der Waals surface area contributed by atoms with Crippen LogP contribution in [0.3, 0.4) is 0 Å². The summed E-state index contributed by atoms with van der Waals surface area (Å²) < 4.78 is 36.2. The average Bonchev–Trinajstić information content (AvgIpc) is 3.00. The van der Waals surface area contributed by atoms with E-state index in [1.54, 1.807) is 47.1 Å². The van der Waals surface area contributed by atoms with Gasteiger partial charge in [-0.25, -0.2) is 18.7 Å². The van der Waals surface area contributed by atoms with E-state index in [2.05, 4.69) is 4.98 Å². The van der Waals surface area contributed by atoms with E-state index in [0.29, 0.717) is 78.8 Å². The molecule has 2 saturated heterocycles. The third kappa shape index (κ3) is 5.38. The number of hydrogen-bond donors (Lipinski definition) is 2. The first-order chi connectivity index (χ1) is 20.2. The SMILES string of the molecule is Cc1cc(-c2cnc3cccc(-c4cc(F)c(C(O)(O)N5CCSCC5)c(F)c4)c3n2)ccc1C(=O)N1CCOCC1. The van der Waals surface area contributed by atoms with Crippen molar-refractivity contribution < 1.29 is 28.5 Å². The molecule has 6 rings (SSSR count). The van der Waals surface area contributed by atoms with Crippen molar-refractivity contribution in [1.29, 1.82) is 0 Å². The van der Waals surface area contributed by atoms with Crippen molar-refractivity contribution in [2.24, 2.45) is 0 Å². The summed E-state index contributed by atoms with van der Waals surface area (Å²) >= 11 is 1.64. The minimum Gasteiger partial charge on any atom is -0.378 e. The number of halogens is 2. The largest absolute Gasteiger partial charge is 0.378 e. The molecule has 1 amide bonds. The van der Waals surface area contributed by atoms with Crippen LogP contribution in [0, 0.1) is 18.6 Å². The summed E-state index contributed by atoms with van der Waals surface area (Å²) in [6.07, 6.45) is 1.62. The summed E-state index contributed by atoms with van der Waals surface area (Å²) in [6.45, 7) is 4.60. The van der Waals surface area contributed by atoms with Crippen LogP contribution in [0.4, 0.5) is 8.78 Å². The molecule has 1 aromatic heterocycles. The van der Waals surface area contributed by atoms with E-state index in [9.17, 15) is 15.0 Å². The summed E-state index contributed by atoms with van der Waals surface area (Å²) in [5, 5.41) is 21.5. The molecule has 8 nitrogen and oxygen atoms in total. The van der Waals surface area contributed by atoms with E-state index < -0.39 is 23.1 Å². The standard InChI is InChI=1S/C31H30F2N4O4S/c1-19-15-20(5-6-22(19)30(38)36-7-11-41-12-8-36)27-18-34-26-4-2-3-23(29(26)35-27)21-16-24(32)28(25(33)17-21)31(39,40)37-9-13-42-14-10-37/h2-6,15-18,39-40H,7-14H2,1H3. The molecule has 2 fully saturated rings. The van der Waals surface area contributed by atoms with Crippen LogP contribution in [0.1, 0.15) is 21.5 Å². The third-order valence-electron chi connectivity index (χ3n) is 7.76. The van der Waals surface area contributed by atoms with Crippen LogP contribution in [-0.4, -0.2) is 86.8 Å². The lowest BCUT2D eigenvalue weighted by molar-refractivity contribution is -0.276. The number of ether oxygens (including phenoxy) is 1. The Hall–Kier alpha value is -3.48. The predicted octanol–water partition coefficient (Wildman–Crippen LogP) is 4.17. The quantitative estimate of drug-likeness (QED) is 0.334. The monoisotopic (exact) mass is 592 g/mol. The van der Waals surface area contributed by atoms with Gasteiger partial charge in [0, 0.05) is 54.4 Å². The Balaban J connectivity index is 1.35. The molecule has 218 valence electrons. The van der Waals surface area contributed by atoms with Gasteiger partial charge in [-0.05, 0) is 48.4 Å². The van der Waals surface area contributed by atoms with Gasteiger partial charge in [0.15, 0.2) is 0 Å². The number of morpholine rings is 1. The molecule has 0 spiro atoms. The fourth-order valence-corrected chi connectivity index (χ4v) is 6.39. The Labute approximate surface area is 246 Å². The molecule has 4 aromatic rings. The third-order valence-corrected chi connectivity index (χ3v) is 8.71.